The minimum Gasteiger partial charge on any atom is -0.310 e. The van der Waals surface area contributed by atoms with E-state index in [2.05, 4.69) is 229 Å². The van der Waals surface area contributed by atoms with Gasteiger partial charge in [-0.2, -0.15) is 0 Å². The van der Waals surface area contributed by atoms with Gasteiger partial charge >= 0.3 is 0 Å². The van der Waals surface area contributed by atoms with Crippen LogP contribution in [-0.2, 0) is 0 Å². The molecule has 0 aliphatic rings. The number of fused-ring (bicyclic) bond motifs is 5. The molecule has 0 saturated heterocycles. The minimum atomic E-state index is 1.10. The van der Waals surface area contributed by atoms with E-state index in [0.29, 0.717) is 0 Å². The van der Waals surface area contributed by atoms with Gasteiger partial charge in [-0.1, -0.05) is 182 Å². The molecule has 10 aromatic rings. The smallest absolute Gasteiger partial charge is 0.0540 e. The lowest BCUT2D eigenvalue weighted by atomic mass is 9.90. The quantitative estimate of drug-likeness (QED) is 0.150. The highest BCUT2D eigenvalue weighted by Gasteiger charge is 2.19. The van der Waals surface area contributed by atoms with Crippen molar-refractivity contribution < 1.29 is 0 Å². The topological polar surface area (TPSA) is 3.24 Å². The first-order valence-electron chi connectivity index (χ1n) is 18.9. The Morgan fingerprint density at radius 3 is 1.56 bits per heavy atom. The van der Waals surface area contributed by atoms with Gasteiger partial charge in [-0.3, -0.25) is 0 Å². The van der Waals surface area contributed by atoms with Crippen molar-refractivity contribution in [2.45, 2.75) is 0 Å². The number of nitrogens with zero attached hydrogens (tertiary/aromatic N) is 1. The molecule has 0 bridgehead atoms. The number of hydrogen-bond donors (Lipinski definition) is 0. The van der Waals surface area contributed by atoms with Gasteiger partial charge in [0.25, 0.3) is 0 Å². The average Bonchev–Trinajstić information content (AvgIpc) is 3.27. The largest absolute Gasteiger partial charge is 0.310 e. The molecule has 10 aromatic carbocycles. The summed E-state index contributed by atoms with van der Waals surface area (Å²) < 4.78 is 0. The molecule has 0 saturated carbocycles. The molecule has 0 amide bonds. The molecule has 55 heavy (non-hydrogen) atoms. The third-order valence-corrected chi connectivity index (χ3v) is 10.8. The molecule has 0 atom stereocenters. The molecule has 0 N–H and O–H groups in total. The highest BCUT2D eigenvalue weighted by atomic mass is 15.1. The second-order valence-electron chi connectivity index (χ2n) is 14.1. The van der Waals surface area contributed by atoms with Crippen molar-refractivity contribution in [2.24, 2.45) is 0 Å². The average molecular weight is 700 g/mol. The van der Waals surface area contributed by atoms with E-state index in [4.69, 9.17) is 0 Å². The molecule has 0 heterocycles. The summed E-state index contributed by atoms with van der Waals surface area (Å²) in [6.07, 6.45) is 0. The zero-order valence-corrected chi connectivity index (χ0v) is 30.3. The van der Waals surface area contributed by atoms with Crippen LogP contribution in [0.3, 0.4) is 0 Å². The fourth-order valence-corrected chi connectivity index (χ4v) is 8.18. The van der Waals surface area contributed by atoms with Gasteiger partial charge in [-0.25, -0.2) is 0 Å². The van der Waals surface area contributed by atoms with Crippen LogP contribution in [0.4, 0.5) is 17.1 Å². The van der Waals surface area contributed by atoms with Gasteiger partial charge in [-0.15, -0.1) is 0 Å². The van der Waals surface area contributed by atoms with Gasteiger partial charge in [0.2, 0.25) is 0 Å². The molecule has 10 rings (SSSR count). The van der Waals surface area contributed by atoms with Crippen LogP contribution in [0.5, 0.6) is 0 Å². The zero-order valence-electron chi connectivity index (χ0n) is 30.3. The molecular formula is C54H37N. The van der Waals surface area contributed by atoms with Crippen molar-refractivity contribution in [3.63, 3.8) is 0 Å². The molecule has 0 spiro atoms. The highest BCUT2D eigenvalue weighted by Crippen LogP contribution is 2.44. The Kier molecular flexibility index (Phi) is 8.24. The summed E-state index contributed by atoms with van der Waals surface area (Å²) in [5, 5.41) is 7.65. The van der Waals surface area contributed by atoms with Crippen LogP contribution >= 0.6 is 0 Å². The maximum Gasteiger partial charge on any atom is 0.0540 e. The summed E-state index contributed by atoms with van der Waals surface area (Å²) in [7, 11) is 0. The predicted octanol–water partition coefficient (Wildman–Crippen LogP) is 15.3. The second kappa shape index (κ2) is 14.0. The molecule has 258 valence electrons. The molecule has 1 nitrogen and oxygen atoms in total. The lowest BCUT2D eigenvalue weighted by molar-refractivity contribution is 1.28. The lowest BCUT2D eigenvalue weighted by Gasteiger charge is -2.28. The number of benzene rings is 10. The van der Waals surface area contributed by atoms with E-state index in [0.717, 1.165) is 17.1 Å². The van der Waals surface area contributed by atoms with E-state index in [1.807, 2.05) is 0 Å². The van der Waals surface area contributed by atoms with Crippen LogP contribution in [0.25, 0.3) is 76.8 Å². The first-order chi connectivity index (χ1) is 27.3. The Morgan fingerprint density at radius 1 is 0.255 bits per heavy atom. The fourth-order valence-electron chi connectivity index (χ4n) is 8.18. The molecule has 0 aliphatic heterocycles. The third kappa shape index (κ3) is 6.02. The van der Waals surface area contributed by atoms with Crippen molar-refractivity contribution in [3.8, 4) is 44.5 Å². The normalized spacial score (nSPS) is 11.3. The summed E-state index contributed by atoms with van der Waals surface area (Å²) in [6, 6.07) is 81.4. The first-order valence-corrected chi connectivity index (χ1v) is 18.9. The molecule has 0 unspecified atom stereocenters. The van der Waals surface area contributed by atoms with Gasteiger partial charge in [0.15, 0.2) is 0 Å². The Labute approximate surface area is 322 Å². The summed E-state index contributed by atoms with van der Waals surface area (Å²) in [5.41, 5.74) is 12.9. The van der Waals surface area contributed by atoms with E-state index in [-0.39, 0.29) is 0 Å². The number of hydrogen-bond acceptors (Lipinski definition) is 1. The standard InChI is InChI=1S/C54H37N/c1-4-14-38(15-5-1)43-19-12-20-44(36-43)39-28-32-47(33-29-39)55(46-21-8-3-9-22-46)53-35-31-45(37-52(53)40-16-6-2-7-17-40)48-24-13-25-51-50(48)34-30-42-27-26-41-18-10-11-23-49(41)54(42)51/h1-37H. The summed E-state index contributed by atoms with van der Waals surface area (Å²) in [6.45, 7) is 0. The molecule has 1 heteroatoms. The first kappa shape index (κ1) is 32.4. The van der Waals surface area contributed by atoms with Gasteiger partial charge in [0.05, 0.1) is 5.69 Å². The van der Waals surface area contributed by atoms with E-state index in [9.17, 15) is 0 Å². The molecule has 0 aromatic heterocycles. The highest BCUT2D eigenvalue weighted by molar-refractivity contribution is 6.22. The van der Waals surface area contributed by atoms with Crippen LogP contribution in [0.1, 0.15) is 0 Å². The fraction of sp³-hybridized carbons (Fsp3) is 0. The molecule has 0 fully saturated rings. The van der Waals surface area contributed by atoms with Crippen molar-refractivity contribution in [1.82, 2.24) is 0 Å². The van der Waals surface area contributed by atoms with Crippen molar-refractivity contribution in [3.05, 3.63) is 224 Å². The van der Waals surface area contributed by atoms with Crippen molar-refractivity contribution in [1.29, 1.82) is 0 Å². The number of anilines is 3. The van der Waals surface area contributed by atoms with Crippen LogP contribution in [0, 0.1) is 0 Å². The monoisotopic (exact) mass is 699 g/mol. The maximum absolute atomic E-state index is 2.39. The van der Waals surface area contributed by atoms with Gasteiger partial charge in [0, 0.05) is 16.9 Å². The van der Waals surface area contributed by atoms with Crippen LogP contribution < -0.4 is 4.90 Å². The summed E-state index contributed by atoms with van der Waals surface area (Å²) in [4.78, 5) is 2.39. The molecule has 0 radical (unpaired) electrons. The molecule has 0 aliphatic carbocycles. The number of rotatable bonds is 7. The maximum atomic E-state index is 2.39. The van der Waals surface area contributed by atoms with E-state index in [1.165, 1.54) is 76.8 Å². The summed E-state index contributed by atoms with van der Waals surface area (Å²) >= 11 is 0. The Balaban J connectivity index is 1.12. The minimum absolute atomic E-state index is 1.10. The van der Waals surface area contributed by atoms with Gasteiger partial charge < -0.3 is 4.90 Å². The van der Waals surface area contributed by atoms with E-state index in [1.54, 1.807) is 0 Å². The lowest BCUT2D eigenvalue weighted by Crippen LogP contribution is -2.11. The summed E-state index contributed by atoms with van der Waals surface area (Å²) in [5.74, 6) is 0. The third-order valence-electron chi connectivity index (χ3n) is 10.8. The van der Waals surface area contributed by atoms with Crippen LogP contribution in [0.2, 0.25) is 0 Å². The Morgan fingerprint density at radius 2 is 0.800 bits per heavy atom. The Hall–Kier alpha value is -7.22. The van der Waals surface area contributed by atoms with E-state index >= 15 is 0 Å². The van der Waals surface area contributed by atoms with Gasteiger partial charge in [0.1, 0.15) is 0 Å². The predicted molar refractivity (Wildman–Crippen MR) is 235 cm³/mol. The van der Waals surface area contributed by atoms with Crippen LogP contribution in [0.15, 0.2) is 224 Å². The Bertz CT molecular complexity index is 2950. The van der Waals surface area contributed by atoms with Crippen LogP contribution in [-0.4, -0.2) is 0 Å². The second-order valence-corrected chi connectivity index (χ2v) is 14.1. The van der Waals surface area contributed by atoms with Crippen molar-refractivity contribution >= 4 is 49.4 Å². The van der Waals surface area contributed by atoms with Gasteiger partial charge in [-0.05, 0) is 114 Å². The van der Waals surface area contributed by atoms with Crippen molar-refractivity contribution in [2.75, 3.05) is 4.90 Å². The zero-order chi connectivity index (χ0) is 36.6. The SMILES string of the molecule is c1ccc(-c2cccc(-c3ccc(N(c4ccccc4)c4ccc(-c5cccc6c5ccc5ccc7ccccc7c56)cc4-c4ccccc4)cc3)c2)cc1. The van der Waals surface area contributed by atoms with E-state index < -0.39 is 0 Å². The molecular weight excluding hydrogens is 663 g/mol. The number of para-hydroxylation sites is 1.